The van der Waals surface area contributed by atoms with E-state index >= 15 is 4.39 Å². The summed E-state index contributed by atoms with van der Waals surface area (Å²) in [5.74, 6) is 1.11. The lowest BCUT2D eigenvalue weighted by Crippen LogP contribution is -2.47. The molecule has 3 aliphatic carbocycles. The number of H-pyrrole nitrogens is 1. The molecule has 360 valence electrons. The quantitative estimate of drug-likeness (QED) is 0.0626. The SMILES string of the molecule is CC1CCC(C2=C(CN3CCN(c4ccc(C(=O)NS(=O)(=O)c5ccc(NCC6(F)CCN(C)CC6)c([N+](=O)[O-])c5)c(Oc5cnc6[nH]ccc6c5)c4)CC3)CCC(C)(C)C2)(C2CCCC2)C1. The fraction of sp³-hybridized carbons (Fsp3) is 0.569. The number of allylic oxidation sites excluding steroid dienone is 1. The van der Waals surface area contributed by atoms with E-state index in [1.165, 1.54) is 76.5 Å². The fourth-order valence-electron chi connectivity index (χ4n) is 11.9. The Morgan fingerprint density at radius 3 is 2.46 bits per heavy atom. The van der Waals surface area contributed by atoms with Gasteiger partial charge in [0.15, 0.2) is 0 Å². The number of benzene rings is 2. The van der Waals surface area contributed by atoms with E-state index in [0.29, 0.717) is 35.3 Å². The lowest BCUT2D eigenvalue weighted by molar-refractivity contribution is -0.384. The van der Waals surface area contributed by atoms with Crippen LogP contribution in [0, 0.1) is 32.8 Å². The predicted octanol–water partition coefficient (Wildman–Crippen LogP) is 9.85. The number of pyridine rings is 1. The van der Waals surface area contributed by atoms with E-state index in [1.54, 1.807) is 36.0 Å². The molecule has 9 rings (SSSR count). The van der Waals surface area contributed by atoms with Crippen LogP contribution in [0.3, 0.4) is 0 Å². The highest BCUT2D eigenvalue weighted by Crippen LogP contribution is 2.61. The molecule has 4 heterocycles. The van der Waals surface area contributed by atoms with Crippen LogP contribution >= 0.6 is 0 Å². The van der Waals surface area contributed by atoms with Crippen molar-refractivity contribution < 1.29 is 27.3 Å². The number of sulfonamides is 1. The number of nitro groups is 1. The molecule has 67 heavy (non-hydrogen) atoms. The smallest absolute Gasteiger partial charge is 0.293 e. The zero-order chi connectivity index (χ0) is 47.1. The number of hydrogen-bond acceptors (Lipinski definition) is 11. The maximum absolute atomic E-state index is 15.5. The zero-order valence-electron chi connectivity index (χ0n) is 39.5. The third-order valence-corrected chi connectivity index (χ3v) is 17.2. The van der Waals surface area contributed by atoms with Gasteiger partial charge in [-0.15, -0.1) is 0 Å². The van der Waals surface area contributed by atoms with Gasteiger partial charge in [0.1, 0.15) is 28.5 Å². The van der Waals surface area contributed by atoms with E-state index in [2.05, 4.69) is 50.6 Å². The van der Waals surface area contributed by atoms with Gasteiger partial charge in [0.2, 0.25) is 0 Å². The number of nitrogens with zero attached hydrogens (tertiary/aromatic N) is 5. The van der Waals surface area contributed by atoms with Crippen LogP contribution in [-0.2, 0) is 10.0 Å². The minimum Gasteiger partial charge on any atom is -0.455 e. The van der Waals surface area contributed by atoms with Gasteiger partial charge in [-0.1, -0.05) is 44.8 Å². The Morgan fingerprint density at radius 1 is 0.985 bits per heavy atom. The molecule has 0 radical (unpaired) electrons. The number of fused-ring (bicyclic) bond motifs is 1. The second kappa shape index (κ2) is 18.8. The van der Waals surface area contributed by atoms with Crippen LogP contribution in [0.5, 0.6) is 11.5 Å². The Labute approximate surface area is 394 Å². The van der Waals surface area contributed by atoms with Crippen LogP contribution in [0.1, 0.15) is 108 Å². The average Bonchev–Trinajstić information content (AvgIpc) is 4.10. The van der Waals surface area contributed by atoms with Crippen molar-refractivity contribution in [2.75, 3.05) is 69.6 Å². The van der Waals surface area contributed by atoms with Gasteiger partial charge in [0.05, 0.1) is 21.6 Å². The second-order valence-electron chi connectivity index (χ2n) is 21.2. The summed E-state index contributed by atoms with van der Waals surface area (Å²) in [6.45, 7) is 12.7. The molecular weight excluding hydrogens is 872 g/mol. The number of piperidine rings is 1. The first-order chi connectivity index (χ1) is 32.0. The van der Waals surface area contributed by atoms with Crippen LogP contribution in [0.4, 0.5) is 21.5 Å². The van der Waals surface area contributed by atoms with Crippen LogP contribution in [0.2, 0.25) is 0 Å². The van der Waals surface area contributed by atoms with Crippen LogP contribution in [0.15, 0.2) is 77.0 Å². The van der Waals surface area contributed by atoms with Crippen LogP contribution < -0.4 is 19.7 Å². The molecule has 2 aromatic heterocycles. The summed E-state index contributed by atoms with van der Waals surface area (Å²) < 4.78 is 51.5. The highest BCUT2D eigenvalue weighted by molar-refractivity contribution is 7.90. The standard InChI is InChI=1S/C51H67FN8O6S/c1-35-13-17-51(30-35,38-7-5-6-8-38)43-31-49(2,3)16-14-37(43)33-58-23-25-59(26-24-58)39-9-11-42(46(28-39)66-40-27-36-15-20-53-47(36)54-32-40)48(61)56-67(64,65)41-10-12-44(45(29-41)60(62)63)55-34-50(52)18-21-57(4)22-19-50/h9-12,15,20,27-29,32,35,38,55H,5-8,13-14,16-19,21-26,30-31,33-34H2,1-4H3,(H,53,54)(H,56,61). The highest BCUT2D eigenvalue weighted by Gasteiger charge is 2.50. The number of hydrogen-bond donors (Lipinski definition) is 3. The number of halogens is 1. The van der Waals surface area contributed by atoms with Gasteiger partial charge in [-0.2, -0.15) is 0 Å². The summed E-state index contributed by atoms with van der Waals surface area (Å²) in [4.78, 5) is 39.4. The number of carbonyl (C=O) groups is 1. The number of nitrogens with one attached hydrogen (secondary N) is 3. The van der Waals surface area contributed by atoms with E-state index in [1.807, 2.05) is 23.6 Å². The monoisotopic (exact) mass is 938 g/mol. The van der Waals surface area contributed by atoms with Gasteiger partial charge in [-0.05, 0) is 130 Å². The molecule has 0 spiro atoms. The largest absolute Gasteiger partial charge is 0.455 e. The third kappa shape index (κ3) is 10.2. The lowest BCUT2D eigenvalue weighted by atomic mass is 9.59. The number of nitro benzene ring substituents is 1. The van der Waals surface area contributed by atoms with Gasteiger partial charge in [-0.25, -0.2) is 22.5 Å². The first kappa shape index (κ1) is 47.0. The van der Waals surface area contributed by atoms with E-state index in [-0.39, 0.29) is 36.4 Å². The molecule has 2 saturated carbocycles. The van der Waals surface area contributed by atoms with Crippen molar-refractivity contribution in [1.29, 1.82) is 0 Å². The number of aromatic amines is 1. The van der Waals surface area contributed by atoms with Gasteiger partial charge in [0.25, 0.3) is 21.6 Å². The number of anilines is 2. The molecule has 5 aliphatic rings. The van der Waals surface area contributed by atoms with E-state index in [4.69, 9.17) is 4.74 Å². The fourth-order valence-corrected chi connectivity index (χ4v) is 12.9. The predicted molar refractivity (Wildman–Crippen MR) is 260 cm³/mol. The topological polar surface area (TPSA) is 166 Å². The summed E-state index contributed by atoms with van der Waals surface area (Å²) in [7, 11) is -2.71. The van der Waals surface area contributed by atoms with Crippen molar-refractivity contribution in [3.8, 4) is 11.5 Å². The molecule has 0 bridgehead atoms. The Morgan fingerprint density at radius 2 is 1.75 bits per heavy atom. The Kier molecular flexibility index (Phi) is 13.2. The molecule has 2 aromatic carbocycles. The molecule has 2 aliphatic heterocycles. The van der Waals surface area contributed by atoms with Crippen molar-refractivity contribution in [2.24, 2.45) is 22.7 Å². The minimum absolute atomic E-state index is 0.0161. The van der Waals surface area contributed by atoms with Crippen molar-refractivity contribution in [3.63, 3.8) is 0 Å². The summed E-state index contributed by atoms with van der Waals surface area (Å²) in [6.07, 6.45) is 17.0. The number of piperazine rings is 1. The molecule has 14 nitrogen and oxygen atoms in total. The molecule has 16 heteroatoms. The number of alkyl halides is 1. The van der Waals surface area contributed by atoms with Crippen molar-refractivity contribution in [3.05, 3.63) is 87.7 Å². The molecule has 1 amide bonds. The number of likely N-dealkylation sites (tertiary alicyclic amines) is 1. The Balaban J connectivity index is 0.930. The van der Waals surface area contributed by atoms with Gasteiger partial charge >= 0.3 is 0 Å². The summed E-state index contributed by atoms with van der Waals surface area (Å²) >= 11 is 0. The van der Waals surface area contributed by atoms with E-state index < -0.39 is 37.1 Å². The average molecular weight is 939 g/mol. The number of carbonyl (C=O) groups excluding carboxylic acids is 1. The highest BCUT2D eigenvalue weighted by atomic mass is 32.2. The number of ether oxygens (including phenoxy) is 1. The first-order valence-electron chi connectivity index (χ1n) is 24.4. The molecule has 2 unspecified atom stereocenters. The number of aromatic nitrogens is 2. The molecule has 4 fully saturated rings. The summed E-state index contributed by atoms with van der Waals surface area (Å²) in [6, 6.07) is 12.0. The summed E-state index contributed by atoms with van der Waals surface area (Å²) in [5, 5.41) is 15.8. The molecule has 2 saturated heterocycles. The Bertz CT molecular complexity index is 2630. The van der Waals surface area contributed by atoms with Gasteiger partial charge in [0, 0.05) is 81.8 Å². The molecule has 4 aromatic rings. The third-order valence-electron chi connectivity index (χ3n) is 15.9. The number of rotatable bonds is 14. The van der Waals surface area contributed by atoms with Crippen molar-refractivity contribution in [1.82, 2.24) is 24.5 Å². The Hall–Kier alpha value is -5.06. The van der Waals surface area contributed by atoms with E-state index in [9.17, 15) is 23.3 Å². The molecule has 3 N–H and O–H groups in total. The van der Waals surface area contributed by atoms with Crippen LogP contribution in [0.25, 0.3) is 11.0 Å². The molecule has 2 atom stereocenters. The lowest BCUT2D eigenvalue weighted by Gasteiger charge is -2.47. The van der Waals surface area contributed by atoms with Crippen LogP contribution in [-0.4, -0.2) is 104 Å². The van der Waals surface area contributed by atoms with E-state index in [0.717, 1.165) is 67.8 Å². The normalized spacial score (nSPS) is 24.0. The first-order valence-corrected chi connectivity index (χ1v) is 25.9. The second-order valence-corrected chi connectivity index (χ2v) is 22.9. The number of amides is 1. The summed E-state index contributed by atoms with van der Waals surface area (Å²) in [5.41, 5.74) is 3.52. The minimum atomic E-state index is -4.62. The van der Waals surface area contributed by atoms with Crippen molar-refractivity contribution in [2.45, 2.75) is 108 Å². The maximum atomic E-state index is 15.5. The van der Waals surface area contributed by atoms with Gasteiger partial charge < -0.3 is 24.8 Å². The van der Waals surface area contributed by atoms with Gasteiger partial charge in [-0.3, -0.25) is 19.8 Å². The van der Waals surface area contributed by atoms with Crippen molar-refractivity contribution >= 4 is 44.0 Å². The maximum Gasteiger partial charge on any atom is 0.293 e. The molecular formula is C51H67FN8O6S. The zero-order valence-corrected chi connectivity index (χ0v) is 40.4.